The molecule has 0 aliphatic carbocycles. The quantitative estimate of drug-likeness (QED) is 0.459. The SMILES string of the molecule is C[C@@H]1CC[C@@H](C)N1C(=O)CN1CC(C)(C)OC[C@H]1C(=O)Nc1cc(Cl)cc2c1[nH]c1cnccc12.Cl.Cl. The molecule has 5 rings (SSSR count). The summed E-state index contributed by atoms with van der Waals surface area (Å²) in [6, 6.07) is 5.37. The summed E-state index contributed by atoms with van der Waals surface area (Å²) in [5.74, 6) is -0.164. The number of carbonyl (C=O) groups excluding carboxylic acids is 2. The third-order valence-corrected chi connectivity index (χ3v) is 7.49. The highest BCUT2D eigenvalue weighted by Crippen LogP contribution is 2.34. The van der Waals surface area contributed by atoms with Gasteiger partial charge in [0.15, 0.2) is 0 Å². The molecule has 37 heavy (non-hydrogen) atoms. The van der Waals surface area contributed by atoms with Crippen LogP contribution in [0.5, 0.6) is 0 Å². The van der Waals surface area contributed by atoms with E-state index in [4.69, 9.17) is 16.3 Å². The summed E-state index contributed by atoms with van der Waals surface area (Å²) in [5, 5.41) is 5.47. The Labute approximate surface area is 234 Å². The first-order valence-corrected chi connectivity index (χ1v) is 12.6. The molecule has 0 unspecified atom stereocenters. The van der Waals surface area contributed by atoms with Crippen molar-refractivity contribution in [2.75, 3.05) is 25.0 Å². The number of aromatic nitrogens is 2. The number of anilines is 1. The number of hydrogen-bond donors (Lipinski definition) is 2. The first kappa shape index (κ1) is 29.5. The van der Waals surface area contributed by atoms with Crippen molar-refractivity contribution in [3.63, 3.8) is 0 Å². The summed E-state index contributed by atoms with van der Waals surface area (Å²) < 4.78 is 6.01. The van der Waals surface area contributed by atoms with Crippen molar-refractivity contribution in [2.45, 2.75) is 64.3 Å². The maximum absolute atomic E-state index is 13.6. The van der Waals surface area contributed by atoms with Crippen LogP contribution in [0, 0.1) is 0 Å². The minimum absolute atomic E-state index is 0. The Bertz CT molecular complexity index is 1290. The Hall–Kier alpha value is -2.10. The van der Waals surface area contributed by atoms with Gasteiger partial charge in [-0.2, -0.15) is 0 Å². The van der Waals surface area contributed by atoms with Crippen molar-refractivity contribution in [3.8, 4) is 0 Å². The fourth-order valence-electron chi connectivity index (χ4n) is 5.54. The zero-order valence-electron chi connectivity index (χ0n) is 21.4. The Morgan fingerprint density at radius 1 is 1.19 bits per heavy atom. The number of nitrogens with zero attached hydrogens (tertiary/aromatic N) is 3. The lowest BCUT2D eigenvalue weighted by Crippen LogP contribution is -2.60. The average Bonchev–Trinajstić information content (AvgIpc) is 3.32. The molecule has 0 spiro atoms. The highest BCUT2D eigenvalue weighted by atomic mass is 35.5. The van der Waals surface area contributed by atoms with E-state index < -0.39 is 11.6 Å². The molecule has 4 heterocycles. The van der Waals surface area contributed by atoms with Crippen LogP contribution < -0.4 is 5.32 Å². The second-order valence-electron chi connectivity index (χ2n) is 10.5. The molecule has 2 fully saturated rings. The third-order valence-electron chi connectivity index (χ3n) is 7.27. The van der Waals surface area contributed by atoms with Crippen LogP contribution in [-0.2, 0) is 14.3 Å². The number of aromatic amines is 1. The molecule has 202 valence electrons. The van der Waals surface area contributed by atoms with E-state index in [2.05, 4.69) is 29.1 Å². The van der Waals surface area contributed by atoms with E-state index in [1.54, 1.807) is 18.5 Å². The number of hydrogen-bond acceptors (Lipinski definition) is 5. The van der Waals surface area contributed by atoms with Gasteiger partial charge in [-0.05, 0) is 58.7 Å². The standard InChI is InChI=1S/C26H32ClN5O3.2ClH/c1-15-5-6-16(2)32(15)23(33)12-31-14-26(3,4)35-13-22(31)25(34)30-20-10-17(27)9-19-18-7-8-28-11-21(18)29-24(19)20;;/h7-11,15-16,22,29H,5-6,12-14H2,1-4H3,(H,30,34);2*1H/t15-,16-,22+;;/m1../s1. The van der Waals surface area contributed by atoms with Gasteiger partial charge in [-0.25, -0.2) is 0 Å². The van der Waals surface area contributed by atoms with E-state index in [9.17, 15) is 9.59 Å². The number of H-pyrrole nitrogens is 1. The van der Waals surface area contributed by atoms with Crippen molar-refractivity contribution in [3.05, 3.63) is 35.6 Å². The van der Waals surface area contributed by atoms with Gasteiger partial charge in [0, 0.05) is 40.6 Å². The van der Waals surface area contributed by atoms with Gasteiger partial charge in [-0.3, -0.25) is 19.5 Å². The molecule has 3 aromatic rings. The van der Waals surface area contributed by atoms with Gasteiger partial charge in [0.1, 0.15) is 6.04 Å². The van der Waals surface area contributed by atoms with Crippen LogP contribution >= 0.6 is 36.4 Å². The molecule has 8 nitrogen and oxygen atoms in total. The molecule has 2 amide bonds. The number of halogens is 3. The molecule has 0 bridgehead atoms. The molecule has 2 saturated heterocycles. The Morgan fingerprint density at radius 3 is 2.59 bits per heavy atom. The van der Waals surface area contributed by atoms with E-state index >= 15 is 0 Å². The number of morpholine rings is 1. The van der Waals surface area contributed by atoms with Gasteiger partial charge < -0.3 is 19.9 Å². The van der Waals surface area contributed by atoms with E-state index in [-0.39, 0.29) is 61.9 Å². The highest BCUT2D eigenvalue weighted by molar-refractivity contribution is 6.33. The minimum atomic E-state index is -0.597. The smallest absolute Gasteiger partial charge is 0.244 e. The van der Waals surface area contributed by atoms with E-state index in [1.807, 2.05) is 35.8 Å². The first-order valence-electron chi connectivity index (χ1n) is 12.2. The number of rotatable bonds is 4. The molecule has 2 aliphatic rings. The lowest BCUT2D eigenvalue weighted by molar-refractivity contribution is -0.151. The largest absolute Gasteiger partial charge is 0.372 e. The highest BCUT2D eigenvalue weighted by Gasteiger charge is 2.40. The van der Waals surface area contributed by atoms with Crippen LogP contribution in [0.4, 0.5) is 5.69 Å². The van der Waals surface area contributed by atoms with E-state index in [0.29, 0.717) is 17.3 Å². The fourth-order valence-corrected chi connectivity index (χ4v) is 5.75. The molecular weight excluding hydrogens is 537 g/mol. The molecule has 11 heteroatoms. The van der Waals surface area contributed by atoms with Crippen molar-refractivity contribution >= 4 is 75.7 Å². The average molecular weight is 571 g/mol. The maximum Gasteiger partial charge on any atom is 0.244 e. The van der Waals surface area contributed by atoms with E-state index in [0.717, 1.165) is 34.6 Å². The van der Waals surface area contributed by atoms with Crippen molar-refractivity contribution in [1.82, 2.24) is 19.8 Å². The van der Waals surface area contributed by atoms with Crippen LogP contribution in [-0.4, -0.2) is 75.0 Å². The number of nitrogens with one attached hydrogen (secondary N) is 2. The zero-order chi connectivity index (χ0) is 24.9. The number of ether oxygens (including phenoxy) is 1. The zero-order valence-corrected chi connectivity index (χ0v) is 23.8. The first-order chi connectivity index (χ1) is 16.6. The van der Waals surface area contributed by atoms with Gasteiger partial charge >= 0.3 is 0 Å². The van der Waals surface area contributed by atoms with Gasteiger partial charge in [-0.15, -0.1) is 24.8 Å². The van der Waals surface area contributed by atoms with E-state index in [1.165, 1.54) is 0 Å². The van der Waals surface area contributed by atoms with Gasteiger partial charge in [0.05, 0.1) is 41.7 Å². The topological polar surface area (TPSA) is 90.6 Å². The fraction of sp³-hybridized carbons (Fsp3) is 0.500. The number of carbonyl (C=O) groups is 2. The summed E-state index contributed by atoms with van der Waals surface area (Å²) in [7, 11) is 0. The Morgan fingerprint density at radius 2 is 1.89 bits per heavy atom. The van der Waals surface area contributed by atoms with Crippen LogP contribution in [0.2, 0.25) is 5.02 Å². The number of pyridine rings is 1. The Kier molecular flexibility index (Phi) is 9.02. The molecule has 0 radical (unpaired) electrons. The summed E-state index contributed by atoms with van der Waals surface area (Å²) in [5.41, 5.74) is 1.79. The molecule has 2 aromatic heterocycles. The van der Waals surface area contributed by atoms with Crippen LogP contribution in [0.3, 0.4) is 0 Å². The van der Waals surface area contributed by atoms with Gasteiger partial charge in [0.25, 0.3) is 0 Å². The van der Waals surface area contributed by atoms with Gasteiger partial charge in [0.2, 0.25) is 11.8 Å². The Balaban J connectivity index is 0.00000190. The molecular formula is C26H34Cl3N5O3. The lowest BCUT2D eigenvalue weighted by Gasteiger charge is -2.43. The second kappa shape index (κ2) is 11.3. The van der Waals surface area contributed by atoms with Crippen LogP contribution in [0.1, 0.15) is 40.5 Å². The minimum Gasteiger partial charge on any atom is -0.372 e. The molecule has 2 aliphatic heterocycles. The number of likely N-dealkylation sites (tertiary alicyclic amines) is 1. The molecule has 3 atom stereocenters. The maximum atomic E-state index is 13.6. The molecule has 2 N–H and O–H groups in total. The predicted octanol–water partition coefficient (Wildman–Crippen LogP) is 5.03. The molecule has 0 saturated carbocycles. The predicted molar refractivity (Wildman–Crippen MR) is 152 cm³/mol. The van der Waals surface area contributed by atoms with Crippen LogP contribution in [0.15, 0.2) is 30.6 Å². The summed E-state index contributed by atoms with van der Waals surface area (Å²) >= 11 is 6.42. The number of amides is 2. The second-order valence-corrected chi connectivity index (χ2v) is 10.9. The number of benzene rings is 1. The summed E-state index contributed by atoms with van der Waals surface area (Å²) in [6.07, 6.45) is 5.50. The lowest BCUT2D eigenvalue weighted by atomic mass is 10.0. The third kappa shape index (κ3) is 5.83. The van der Waals surface area contributed by atoms with Gasteiger partial charge in [-0.1, -0.05) is 11.6 Å². The van der Waals surface area contributed by atoms with Crippen molar-refractivity contribution < 1.29 is 14.3 Å². The summed E-state index contributed by atoms with van der Waals surface area (Å²) in [4.78, 5) is 38.3. The number of fused-ring (bicyclic) bond motifs is 3. The van der Waals surface area contributed by atoms with Crippen molar-refractivity contribution in [1.29, 1.82) is 0 Å². The normalized spacial score (nSPS) is 23.5. The monoisotopic (exact) mass is 569 g/mol. The van der Waals surface area contributed by atoms with Crippen LogP contribution in [0.25, 0.3) is 21.8 Å². The van der Waals surface area contributed by atoms with Crippen molar-refractivity contribution in [2.24, 2.45) is 0 Å². The summed E-state index contributed by atoms with van der Waals surface area (Å²) in [6.45, 7) is 9.03. The molecule has 1 aromatic carbocycles.